The molecule has 0 N–H and O–H groups in total. The molecule has 0 fully saturated rings. The number of non-ortho nitro benzene ring substituents is 1. The summed E-state index contributed by atoms with van der Waals surface area (Å²) in [6.45, 7) is 0.601. The van der Waals surface area contributed by atoms with Gasteiger partial charge in [-0.1, -0.05) is 18.2 Å². The molecule has 0 radical (unpaired) electrons. The second kappa shape index (κ2) is 8.70. The van der Waals surface area contributed by atoms with Crippen LogP contribution in [0.15, 0.2) is 42.5 Å². The van der Waals surface area contributed by atoms with E-state index in [2.05, 4.69) is 0 Å². The molecule has 3 rings (SSSR count). The van der Waals surface area contributed by atoms with Crippen LogP contribution in [0.1, 0.15) is 18.4 Å². The summed E-state index contributed by atoms with van der Waals surface area (Å²) in [6, 6.07) is 11.5. The Morgan fingerprint density at radius 2 is 2.00 bits per heavy atom. The predicted octanol–water partition coefficient (Wildman–Crippen LogP) is 2.74. The van der Waals surface area contributed by atoms with Gasteiger partial charge in [-0.25, -0.2) is 8.42 Å². The molecule has 10 heteroatoms. The lowest BCUT2D eigenvalue weighted by Crippen LogP contribution is -2.33. The molecule has 0 unspecified atom stereocenters. The van der Waals surface area contributed by atoms with Gasteiger partial charge in [-0.05, 0) is 30.5 Å². The van der Waals surface area contributed by atoms with E-state index in [9.17, 15) is 23.3 Å². The number of hydrogen-bond donors (Lipinski definition) is 0. The SMILES string of the molecule is COc1ccc([N+](=O)[O-])cc1N(CCCC(=O)N1CCc2ccccc21)S(C)(=O)=O. The Balaban J connectivity index is 1.75. The first-order chi connectivity index (χ1) is 14.2. The van der Waals surface area contributed by atoms with Gasteiger partial charge >= 0.3 is 0 Å². The van der Waals surface area contributed by atoms with Crippen molar-refractivity contribution in [3.8, 4) is 5.75 Å². The standard InChI is InChI=1S/C20H23N3O6S/c1-29-19-10-9-16(23(25)26)14-18(19)22(30(2,27)28)12-5-8-20(24)21-13-11-15-6-3-4-7-17(15)21/h3-4,6-7,9-10,14H,5,8,11-13H2,1-2H3. The smallest absolute Gasteiger partial charge is 0.271 e. The molecule has 0 aliphatic carbocycles. The quantitative estimate of drug-likeness (QED) is 0.468. The average Bonchev–Trinajstić information content (AvgIpc) is 3.14. The van der Waals surface area contributed by atoms with E-state index in [4.69, 9.17) is 4.74 Å². The first-order valence-electron chi connectivity index (χ1n) is 9.41. The Bertz CT molecular complexity index is 1070. The summed E-state index contributed by atoms with van der Waals surface area (Å²) in [7, 11) is -2.39. The van der Waals surface area contributed by atoms with Crippen LogP contribution in [0.4, 0.5) is 17.1 Å². The minimum atomic E-state index is -3.75. The average molecular weight is 433 g/mol. The third-order valence-corrected chi connectivity index (χ3v) is 6.16. The van der Waals surface area contributed by atoms with Crippen molar-refractivity contribution in [3.63, 3.8) is 0 Å². The molecular weight excluding hydrogens is 410 g/mol. The van der Waals surface area contributed by atoms with Crippen molar-refractivity contribution in [2.24, 2.45) is 0 Å². The van der Waals surface area contributed by atoms with Gasteiger partial charge in [0.15, 0.2) is 0 Å². The van der Waals surface area contributed by atoms with Gasteiger partial charge in [-0.15, -0.1) is 0 Å². The van der Waals surface area contributed by atoms with Crippen molar-refractivity contribution < 1.29 is 22.9 Å². The summed E-state index contributed by atoms with van der Waals surface area (Å²) in [5, 5.41) is 11.1. The molecule has 1 amide bonds. The van der Waals surface area contributed by atoms with Crippen LogP contribution in [0.5, 0.6) is 5.75 Å². The highest BCUT2D eigenvalue weighted by atomic mass is 32.2. The number of hydrogen-bond acceptors (Lipinski definition) is 6. The molecule has 0 atom stereocenters. The number of sulfonamides is 1. The Hall–Kier alpha value is -3.14. The molecule has 2 aromatic carbocycles. The molecule has 0 spiro atoms. The second-order valence-corrected chi connectivity index (χ2v) is 8.88. The zero-order valence-electron chi connectivity index (χ0n) is 16.8. The fourth-order valence-electron chi connectivity index (χ4n) is 3.56. The van der Waals surface area contributed by atoms with Crippen molar-refractivity contribution in [1.29, 1.82) is 0 Å². The summed E-state index contributed by atoms with van der Waals surface area (Å²) in [5.74, 6) is 0.116. The molecule has 30 heavy (non-hydrogen) atoms. The lowest BCUT2D eigenvalue weighted by atomic mass is 10.2. The van der Waals surface area contributed by atoms with Crippen LogP contribution >= 0.6 is 0 Å². The van der Waals surface area contributed by atoms with E-state index in [1.807, 2.05) is 24.3 Å². The monoisotopic (exact) mass is 433 g/mol. The van der Waals surface area contributed by atoms with Crippen LogP contribution in [-0.4, -0.2) is 45.7 Å². The lowest BCUT2D eigenvalue weighted by Gasteiger charge is -2.24. The summed E-state index contributed by atoms with van der Waals surface area (Å²) in [6.07, 6.45) is 2.22. The molecule has 0 bridgehead atoms. The van der Waals surface area contributed by atoms with Crippen LogP contribution < -0.4 is 13.9 Å². The van der Waals surface area contributed by atoms with Crippen molar-refractivity contribution in [3.05, 3.63) is 58.1 Å². The summed E-state index contributed by atoms with van der Waals surface area (Å²) in [4.78, 5) is 24.9. The number of methoxy groups -OCH3 is 1. The first kappa shape index (κ1) is 21.6. The molecule has 160 valence electrons. The highest BCUT2D eigenvalue weighted by molar-refractivity contribution is 7.92. The van der Waals surface area contributed by atoms with Crippen molar-refractivity contribution >= 4 is 33.0 Å². The van der Waals surface area contributed by atoms with Crippen LogP contribution in [0.3, 0.4) is 0 Å². The van der Waals surface area contributed by atoms with Gasteiger partial charge < -0.3 is 9.64 Å². The number of benzene rings is 2. The zero-order chi connectivity index (χ0) is 21.9. The predicted molar refractivity (Wildman–Crippen MR) is 114 cm³/mol. The maximum absolute atomic E-state index is 12.7. The number of para-hydroxylation sites is 1. The number of nitrogens with zero attached hydrogens (tertiary/aromatic N) is 3. The summed E-state index contributed by atoms with van der Waals surface area (Å²) in [5.41, 5.74) is 1.84. The molecule has 0 saturated heterocycles. The number of amides is 1. The number of carbonyl (C=O) groups is 1. The highest BCUT2D eigenvalue weighted by Gasteiger charge is 2.26. The minimum Gasteiger partial charge on any atom is -0.495 e. The van der Waals surface area contributed by atoms with Crippen molar-refractivity contribution in [1.82, 2.24) is 0 Å². The van der Waals surface area contributed by atoms with Gasteiger partial charge in [0.1, 0.15) is 11.4 Å². The topological polar surface area (TPSA) is 110 Å². The maximum Gasteiger partial charge on any atom is 0.271 e. The Labute approximate surface area is 175 Å². The zero-order valence-corrected chi connectivity index (χ0v) is 17.6. The number of nitro groups is 1. The number of carbonyl (C=O) groups excluding carboxylic acids is 1. The first-order valence-corrected chi connectivity index (χ1v) is 11.3. The van der Waals surface area contributed by atoms with Crippen molar-refractivity contribution in [2.45, 2.75) is 19.3 Å². The number of ether oxygens (including phenoxy) is 1. The molecule has 1 heterocycles. The van der Waals surface area contributed by atoms with E-state index < -0.39 is 14.9 Å². The molecule has 1 aliphatic rings. The molecule has 0 aromatic heterocycles. The van der Waals surface area contributed by atoms with Gasteiger partial charge in [0.25, 0.3) is 5.69 Å². The summed E-state index contributed by atoms with van der Waals surface area (Å²) >= 11 is 0. The largest absolute Gasteiger partial charge is 0.495 e. The Morgan fingerprint density at radius 1 is 1.27 bits per heavy atom. The van der Waals surface area contributed by atoms with Gasteiger partial charge in [-0.3, -0.25) is 19.2 Å². The van der Waals surface area contributed by atoms with Gasteiger partial charge in [0, 0.05) is 37.3 Å². The minimum absolute atomic E-state index is 0.00239. The lowest BCUT2D eigenvalue weighted by molar-refractivity contribution is -0.384. The van der Waals surface area contributed by atoms with Crippen LogP contribution in [0.25, 0.3) is 0 Å². The summed E-state index contributed by atoms with van der Waals surface area (Å²) < 4.78 is 31.0. The molecule has 0 saturated carbocycles. The molecule has 9 nitrogen and oxygen atoms in total. The van der Waals surface area contributed by atoms with E-state index in [1.165, 1.54) is 25.3 Å². The maximum atomic E-state index is 12.7. The van der Waals surface area contributed by atoms with Gasteiger partial charge in [-0.2, -0.15) is 0 Å². The second-order valence-electron chi connectivity index (χ2n) is 6.98. The highest BCUT2D eigenvalue weighted by Crippen LogP contribution is 2.34. The molecular formula is C20H23N3O6S. The number of rotatable bonds is 8. The van der Waals surface area contributed by atoms with E-state index in [0.717, 1.165) is 28.2 Å². The Morgan fingerprint density at radius 3 is 2.67 bits per heavy atom. The third kappa shape index (κ3) is 4.54. The number of nitro benzene ring substituents is 1. The van der Waals surface area contributed by atoms with Crippen LogP contribution in [-0.2, 0) is 21.2 Å². The third-order valence-electron chi connectivity index (χ3n) is 4.98. The van der Waals surface area contributed by atoms with Gasteiger partial charge in [0.2, 0.25) is 15.9 Å². The fourth-order valence-corrected chi connectivity index (χ4v) is 4.52. The van der Waals surface area contributed by atoms with E-state index in [-0.39, 0.29) is 42.4 Å². The van der Waals surface area contributed by atoms with E-state index >= 15 is 0 Å². The fraction of sp³-hybridized carbons (Fsp3) is 0.350. The van der Waals surface area contributed by atoms with Crippen molar-refractivity contribution in [2.75, 3.05) is 35.7 Å². The van der Waals surface area contributed by atoms with E-state index in [1.54, 1.807) is 4.90 Å². The van der Waals surface area contributed by atoms with Crippen LogP contribution in [0, 0.1) is 10.1 Å². The normalized spacial score (nSPS) is 13.1. The number of fused-ring (bicyclic) bond motifs is 1. The van der Waals surface area contributed by atoms with Crippen LogP contribution in [0.2, 0.25) is 0 Å². The number of anilines is 2. The molecule has 2 aromatic rings. The van der Waals surface area contributed by atoms with E-state index in [0.29, 0.717) is 6.54 Å². The Kier molecular flexibility index (Phi) is 6.25. The molecule has 1 aliphatic heterocycles. The van der Waals surface area contributed by atoms with Gasteiger partial charge in [0.05, 0.1) is 18.3 Å².